The van der Waals surface area contributed by atoms with E-state index in [-0.39, 0.29) is 18.8 Å². The molecule has 0 radical (unpaired) electrons. The number of hydrogen-bond donors (Lipinski definition) is 2. The summed E-state index contributed by atoms with van der Waals surface area (Å²) in [5.74, 6) is -2.53. The molecule has 0 fully saturated rings. The second kappa shape index (κ2) is 8.58. The number of rotatable bonds is 8. The monoisotopic (exact) mass is 363 g/mol. The van der Waals surface area contributed by atoms with Gasteiger partial charge in [0, 0.05) is 24.6 Å². The van der Waals surface area contributed by atoms with Gasteiger partial charge in [-0.2, -0.15) is 0 Å². The first-order valence-electron chi connectivity index (χ1n) is 6.03. The molecular formula is C13H15BrFNO5. The van der Waals surface area contributed by atoms with Crippen molar-refractivity contribution in [3.05, 3.63) is 28.5 Å². The van der Waals surface area contributed by atoms with Crippen molar-refractivity contribution in [1.82, 2.24) is 5.32 Å². The highest BCUT2D eigenvalue weighted by molar-refractivity contribution is 9.10. The summed E-state index contributed by atoms with van der Waals surface area (Å²) in [6.07, 6.45) is 0.129. The van der Waals surface area contributed by atoms with Gasteiger partial charge in [-0.25, -0.2) is 9.18 Å². The molecule has 0 bridgehead atoms. The molecule has 0 spiro atoms. The normalized spacial score (nSPS) is 11.8. The number of halogens is 2. The molecule has 21 heavy (non-hydrogen) atoms. The number of benzene rings is 1. The van der Waals surface area contributed by atoms with E-state index in [9.17, 15) is 14.0 Å². The van der Waals surface area contributed by atoms with Crippen molar-refractivity contribution in [3.63, 3.8) is 0 Å². The van der Waals surface area contributed by atoms with E-state index in [4.69, 9.17) is 14.6 Å². The molecule has 1 unspecified atom stereocenters. The lowest BCUT2D eigenvalue weighted by molar-refractivity contribution is -0.142. The van der Waals surface area contributed by atoms with Gasteiger partial charge >= 0.3 is 5.97 Å². The van der Waals surface area contributed by atoms with Gasteiger partial charge in [-0.3, -0.25) is 4.79 Å². The minimum atomic E-state index is -1.17. The van der Waals surface area contributed by atoms with Crippen molar-refractivity contribution < 1.29 is 28.6 Å². The Balaban J connectivity index is 2.50. The largest absolute Gasteiger partial charge is 0.481 e. The van der Waals surface area contributed by atoms with Crippen LogP contribution in [0.25, 0.3) is 0 Å². The first-order valence-corrected chi connectivity index (χ1v) is 6.82. The zero-order valence-corrected chi connectivity index (χ0v) is 12.9. The third-order valence-electron chi connectivity index (χ3n) is 2.50. The molecule has 1 aromatic carbocycles. The van der Waals surface area contributed by atoms with Gasteiger partial charge in [-0.15, -0.1) is 0 Å². The highest BCUT2D eigenvalue weighted by Gasteiger charge is 2.20. The van der Waals surface area contributed by atoms with Crippen LogP contribution in [0.1, 0.15) is 6.42 Å². The number of nitrogens with one attached hydrogen (secondary N) is 1. The van der Waals surface area contributed by atoms with Crippen LogP contribution in [0.4, 0.5) is 4.39 Å². The van der Waals surface area contributed by atoms with Crippen molar-refractivity contribution in [2.45, 2.75) is 12.5 Å². The highest BCUT2D eigenvalue weighted by Crippen LogP contribution is 2.21. The third-order valence-corrected chi connectivity index (χ3v) is 2.99. The summed E-state index contributed by atoms with van der Waals surface area (Å²) in [4.78, 5) is 22.5. The first-order chi connectivity index (χ1) is 9.93. The fourth-order valence-corrected chi connectivity index (χ4v) is 1.80. The number of ether oxygens (including phenoxy) is 2. The van der Waals surface area contributed by atoms with Gasteiger partial charge in [0.15, 0.2) is 18.2 Å². The maximum absolute atomic E-state index is 13.5. The third kappa shape index (κ3) is 6.09. The van der Waals surface area contributed by atoms with E-state index in [1.54, 1.807) is 6.07 Å². The Labute approximate surface area is 129 Å². The molecule has 8 heteroatoms. The lowest BCUT2D eigenvalue weighted by Crippen LogP contribution is -2.43. The van der Waals surface area contributed by atoms with Crippen molar-refractivity contribution in [2.75, 3.05) is 20.3 Å². The van der Waals surface area contributed by atoms with E-state index in [0.29, 0.717) is 4.47 Å². The SMILES string of the molecule is COCCC(NC(=O)COc1ccc(Br)cc1F)C(=O)O. The second-order valence-electron chi connectivity index (χ2n) is 4.10. The summed E-state index contributed by atoms with van der Waals surface area (Å²) < 4.78 is 23.8. The van der Waals surface area contributed by atoms with Gasteiger partial charge in [0.25, 0.3) is 5.91 Å². The van der Waals surface area contributed by atoms with Crippen LogP contribution in [0.3, 0.4) is 0 Å². The number of carbonyl (C=O) groups is 2. The minimum Gasteiger partial charge on any atom is -0.481 e. The molecule has 0 saturated carbocycles. The number of aliphatic carboxylic acids is 1. The Bertz CT molecular complexity index is 511. The van der Waals surface area contributed by atoms with Crippen molar-refractivity contribution in [3.8, 4) is 5.75 Å². The van der Waals surface area contributed by atoms with Gasteiger partial charge in [0.1, 0.15) is 6.04 Å². The molecule has 0 heterocycles. The Morgan fingerprint density at radius 3 is 2.76 bits per heavy atom. The Morgan fingerprint density at radius 2 is 2.19 bits per heavy atom. The fraction of sp³-hybridized carbons (Fsp3) is 0.385. The quantitative estimate of drug-likeness (QED) is 0.732. The lowest BCUT2D eigenvalue weighted by atomic mass is 10.2. The molecule has 1 rings (SSSR count). The standard InChI is InChI=1S/C13H15BrFNO5/c1-20-5-4-10(13(18)19)16-12(17)7-21-11-3-2-8(14)6-9(11)15/h2-3,6,10H,4-5,7H2,1H3,(H,16,17)(H,18,19). The van der Waals surface area contributed by atoms with E-state index in [2.05, 4.69) is 21.2 Å². The van der Waals surface area contributed by atoms with Crippen molar-refractivity contribution >= 4 is 27.8 Å². The summed E-state index contributed by atoms with van der Waals surface area (Å²) in [6.45, 7) is -0.283. The predicted molar refractivity (Wildman–Crippen MR) is 75.7 cm³/mol. The topological polar surface area (TPSA) is 84.9 Å². The molecule has 0 saturated heterocycles. The van der Waals surface area contributed by atoms with Crippen LogP contribution in [-0.4, -0.2) is 43.3 Å². The van der Waals surface area contributed by atoms with Crippen LogP contribution in [0.2, 0.25) is 0 Å². The van der Waals surface area contributed by atoms with E-state index in [1.165, 1.54) is 19.2 Å². The van der Waals surface area contributed by atoms with Gasteiger partial charge in [0.2, 0.25) is 0 Å². The number of hydrogen-bond acceptors (Lipinski definition) is 4. The number of carbonyl (C=O) groups excluding carboxylic acids is 1. The molecule has 0 aliphatic heterocycles. The summed E-state index contributed by atoms with van der Waals surface area (Å²) >= 11 is 3.10. The van der Waals surface area contributed by atoms with Crippen LogP contribution in [0.15, 0.2) is 22.7 Å². The second-order valence-corrected chi connectivity index (χ2v) is 5.02. The Kier molecular flexibility index (Phi) is 7.10. The van der Waals surface area contributed by atoms with Gasteiger partial charge in [0.05, 0.1) is 0 Å². The van der Waals surface area contributed by atoms with Gasteiger partial charge < -0.3 is 19.9 Å². The number of carboxylic acids is 1. The first kappa shape index (κ1) is 17.4. The summed E-state index contributed by atoms with van der Waals surface area (Å²) in [5, 5.41) is 11.2. The molecule has 0 aromatic heterocycles. The molecule has 0 aliphatic rings. The van der Waals surface area contributed by atoms with Crippen LogP contribution in [0.5, 0.6) is 5.75 Å². The van der Waals surface area contributed by atoms with Crippen LogP contribution >= 0.6 is 15.9 Å². The molecule has 6 nitrogen and oxygen atoms in total. The predicted octanol–water partition coefficient (Wildman–Crippen LogP) is 1.57. The molecule has 0 aliphatic carbocycles. The van der Waals surface area contributed by atoms with E-state index >= 15 is 0 Å². The van der Waals surface area contributed by atoms with Crippen molar-refractivity contribution in [1.29, 1.82) is 0 Å². The number of methoxy groups -OCH3 is 1. The molecule has 1 amide bonds. The maximum atomic E-state index is 13.5. The van der Waals surface area contributed by atoms with Crippen LogP contribution in [-0.2, 0) is 14.3 Å². The lowest BCUT2D eigenvalue weighted by Gasteiger charge is -2.14. The Hall–Kier alpha value is -1.67. The zero-order valence-electron chi connectivity index (χ0n) is 11.3. The number of carboxylic acid groups (broad SMARTS) is 1. The highest BCUT2D eigenvalue weighted by atomic mass is 79.9. The molecule has 1 atom stereocenters. The zero-order chi connectivity index (χ0) is 15.8. The van der Waals surface area contributed by atoms with Crippen LogP contribution in [0, 0.1) is 5.82 Å². The van der Waals surface area contributed by atoms with Crippen LogP contribution < -0.4 is 10.1 Å². The average Bonchev–Trinajstić information content (AvgIpc) is 2.42. The molecule has 1 aromatic rings. The average molecular weight is 364 g/mol. The van der Waals surface area contributed by atoms with E-state index < -0.39 is 30.3 Å². The smallest absolute Gasteiger partial charge is 0.326 e. The van der Waals surface area contributed by atoms with Gasteiger partial charge in [-0.1, -0.05) is 15.9 Å². The molecule has 116 valence electrons. The minimum absolute atomic E-state index is 0.0860. The molecule has 2 N–H and O–H groups in total. The molecular weight excluding hydrogens is 349 g/mol. The summed E-state index contributed by atoms with van der Waals surface area (Å²) in [5.41, 5.74) is 0. The maximum Gasteiger partial charge on any atom is 0.326 e. The fourth-order valence-electron chi connectivity index (χ4n) is 1.46. The Morgan fingerprint density at radius 1 is 1.48 bits per heavy atom. The van der Waals surface area contributed by atoms with Gasteiger partial charge in [-0.05, 0) is 18.2 Å². The van der Waals surface area contributed by atoms with E-state index in [0.717, 1.165) is 0 Å². The summed E-state index contributed by atoms with van der Waals surface area (Å²) in [6, 6.07) is 3.06. The van der Waals surface area contributed by atoms with Crippen molar-refractivity contribution in [2.24, 2.45) is 0 Å². The summed E-state index contributed by atoms with van der Waals surface area (Å²) in [7, 11) is 1.43. The number of amides is 1. The van der Waals surface area contributed by atoms with E-state index in [1.807, 2.05) is 0 Å².